The maximum Gasteiger partial charge on any atom is 0.255 e. The smallest absolute Gasteiger partial charge is 0.255 e. The number of aryl methyl sites for hydroxylation is 3. The zero-order valence-electron chi connectivity index (χ0n) is 19.0. The first-order chi connectivity index (χ1) is 15.4. The summed E-state index contributed by atoms with van der Waals surface area (Å²) in [6, 6.07) is 14.0. The number of amides is 2. The number of likely N-dealkylation sites (tertiary alicyclic amines) is 1. The highest BCUT2D eigenvalue weighted by molar-refractivity contribution is 5.98. The predicted octanol–water partition coefficient (Wildman–Crippen LogP) is 3.97. The minimum Gasteiger partial charge on any atom is -0.352 e. The van der Waals surface area contributed by atoms with Gasteiger partial charge in [-0.25, -0.2) is 0 Å². The van der Waals surface area contributed by atoms with E-state index in [4.69, 9.17) is 0 Å². The molecule has 0 atom stereocenters. The Morgan fingerprint density at radius 2 is 1.75 bits per heavy atom. The molecule has 3 heterocycles. The lowest BCUT2D eigenvalue weighted by molar-refractivity contribution is -0.126. The molecule has 6 nitrogen and oxygen atoms in total. The van der Waals surface area contributed by atoms with Gasteiger partial charge in [-0.15, -0.1) is 0 Å². The van der Waals surface area contributed by atoms with Crippen LogP contribution in [-0.4, -0.2) is 39.4 Å². The number of hydrogen-bond acceptors (Lipinski definition) is 3. The second-order valence-electron chi connectivity index (χ2n) is 8.62. The summed E-state index contributed by atoms with van der Waals surface area (Å²) in [4.78, 5) is 32.1. The van der Waals surface area contributed by atoms with Crippen molar-refractivity contribution in [1.29, 1.82) is 0 Å². The SMILES string of the molecule is Cc1ccc(-n2c(C)ccc2C)c(C(=O)N2CCC(C(=O)NCc3cccnc3)CC2)c1. The molecule has 32 heavy (non-hydrogen) atoms. The molecule has 1 N–H and O–H groups in total. The van der Waals surface area contributed by atoms with Gasteiger partial charge in [-0.1, -0.05) is 17.7 Å². The van der Waals surface area contributed by atoms with Gasteiger partial charge >= 0.3 is 0 Å². The Kier molecular flexibility index (Phi) is 6.40. The van der Waals surface area contributed by atoms with E-state index in [9.17, 15) is 9.59 Å². The molecule has 1 aliphatic rings. The third-order valence-electron chi connectivity index (χ3n) is 6.24. The summed E-state index contributed by atoms with van der Waals surface area (Å²) >= 11 is 0. The molecular formula is C26H30N4O2. The van der Waals surface area contributed by atoms with Gasteiger partial charge in [0.2, 0.25) is 5.91 Å². The summed E-state index contributed by atoms with van der Waals surface area (Å²) in [6.07, 6.45) is 4.83. The second kappa shape index (κ2) is 9.39. The first-order valence-electron chi connectivity index (χ1n) is 11.2. The van der Waals surface area contributed by atoms with Crippen molar-refractivity contribution < 1.29 is 9.59 Å². The normalized spacial score (nSPS) is 14.4. The fourth-order valence-electron chi connectivity index (χ4n) is 4.42. The molecule has 166 valence electrons. The van der Waals surface area contributed by atoms with Crippen molar-refractivity contribution in [2.24, 2.45) is 5.92 Å². The molecule has 4 rings (SSSR count). The molecule has 0 unspecified atom stereocenters. The number of hydrogen-bond donors (Lipinski definition) is 1. The quantitative estimate of drug-likeness (QED) is 0.666. The van der Waals surface area contributed by atoms with Crippen molar-refractivity contribution in [2.75, 3.05) is 13.1 Å². The van der Waals surface area contributed by atoms with E-state index in [-0.39, 0.29) is 17.7 Å². The highest BCUT2D eigenvalue weighted by Crippen LogP contribution is 2.25. The molecule has 3 aromatic rings. The third kappa shape index (κ3) is 4.59. The molecule has 1 aliphatic heterocycles. The van der Waals surface area contributed by atoms with Crippen LogP contribution in [0.25, 0.3) is 5.69 Å². The van der Waals surface area contributed by atoms with Gasteiger partial charge in [0.1, 0.15) is 0 Å². The summed E-state index contributed by atoms with van der Waals surface area (Å²) < 4.78 is 2.13. The molecule has 0 spiro atoms. The summed E-state index contributed by atoms with van der Waals surface area (Å²) in [6.45, 7) is 7.76. The van der Waals surface area contributed by atoms with Crippen LogP contribution in [-0.2, 0) is 11.3 Å². The minimum absolute atomic E-state index is 0.0328. The van der Waals surface area contributed by atoms with Crippen LogP contribution in [0.15, 0.2) is 54.9 Å². The molecule has 6 heteroatoms. The highest BCUT2D eigenvalue weighted by Gasteiger charge is 2.29. The number of aromatic nitrogens is 2. The minimum atomic E-state index is -0.0679. The highest BCUT2D eigenvalue weighted by atomic mass is 16.2. The van der Waals surface area contributed by atoms with E-state index in [1.54, 1.807) is 12.4 Å². The second-order valence-corrected chi connectivity index (χ2v) is 8.62. The number of carbonyl (C=O) groups excluding carboxylic acids is 2. The van der Waals surface area contributed by atoms with Crippen molar-refractivity contribution in [3.8, 4) is 5.69 Å². The monoisotopic (exact) mass is 430 g/mol. The van der Waals surface area contributed by atoms with Crippen LogP contribution in [0.5, 0.6) is 0 Å². The number of nitrogens with one attached hydrogen (secondary N) is 1. The first kappa shape index (κ1) is 21.8. The van der Waals surface area contributed by atoms with E-state index in [1.807, 2.05) is 42.2 Å². The molecule has 0 bridgehead atoms. The van der Waals surface area contributed by atoms with Crippen LogP contribution < -0.4 is 5.32 Å². The van der Waals surface area contributed by atoms with Gasteiger partial charge in [0.15, 0.2) is 0 Å². The molecule has 1 fully saturated rings. The van der Waals surface area contributed by atoms with Crippen LogP contribution in [0.2, 0.25) is 0 Å². The van der Waals surface area contributed by atoms with Gasteiger partial charge < -0.3 is 14.8 Å². The Morgan fingerprint density at radius 3 is 2.41 bits per heavy atom. The maximum absolute atomic E-state index is 13.5. The van der Waals surface area contributed by atoms with Crippen molar-refractivity contribution in [3.63, 3.8) is 0 Å². The molecule has 2 aromatic heterocycles. The Bertz CT molecular complexity index is 1090. The first-order valence-corrected chi connectivity index (χ1v) is 11.2. The number of piperidine rings is 1. The summed E-state index contributed by atoms with van der Waals surface area (Å²) in [5.41, 5.74) is 5.87. The lowest BCUT2D eigenvalue weighted by Gasteiger charge is -2.32. The predicted molar refractivity (Wildman–Crippen MR) is 125 cm³/mol. The van der Waals surface area contributed by atoms with Crippen LogP contribution in [0.3, 0.4) is 0 Å². The maximum atomic E-state index is 13.5. The Morgan fingerprint density at radius 1 is 1.03 bits per heavy atom. The Hall–Kier alpha value is -3.41. The average Bonchev–Trinajstić information content (AvgIpc) is 3.15. The summed E-state index contributed by atoms with van der Waals surface area (Å²) in [5.74, 6) is 0.0165. The molecular weight excluding hydrogens is 400 g/mol. The number of carbonyl (C=O) groups is 2. The van der Waals surface area contributed by atoms with Crippen LogP contribution >= 0.6 is 0 Å². The largest absolute Gasteiger partial charge is 0.352 e. The number of pyridine rings is 1. The molecule has 0 aliphatic carbocycles. The van der Waals surface area contributed by atoms with Gasteiger partial charge in [-0.3, -0.25) is 14.6 Å². The molecule has 0 saturated carbocycles. The van der Waals surface area contributed by atoms with Crippen molar-refractivity contribution in [3.05, 3.63) is 82.9 Å². The Labute approximate surface area is 189 Å². The standard InChI is InChI=1S/C26H30N4O2/c1-18-6-9-24(30-19(2)7-8-20(30)3)23(15-18)26(32)29-13-10-22(11-14-29)25(31)28-17-21-5-4-12-27-16-21/h4-9,12,15-16,22H,10-11,13-14,17H2,1-3H3,(H,28,31). The zero-order valence-corrected chi connectivity index (χ0v) is 19.0. The van der Waals surface area contributed by atoms with Crippen LogP contribution in [0.1, 0.15) is 45.7 Å². The van der Waals surface area contributed by atoms with Gasteiger partial charge in [-0.05, 0) is 69.5 Å². The molecule has 2 amide bonds. The van der Waals surface area contributed by atoms with E-state index in [2.05, 4.69) is 40.8 Å². The molecule has 1 aromatic carbocycles. The van der Waals surface area contributed by atoms with Crippen molar-refractivity contribution in [2.45, 2.75) is 40.2 Å². The lowest BCUT2D eigenvalue weighted by atomic mass is 9.95. The zero-order chi connectivity index (χ0) is 22.7. The molecule has 1 saturated heterocycles. The Balaban J connectivity index is 1.43. The number of benzene rings is 1. The number of rotatable bonds is 5. The molecule has 0 radical (unpaired) electrons. The van der Waals surface area contributed by atoms with E-state index >= 15 is 0 Å². The third-order valence-corrected chi connectivity index (χ3v) is 6.24. The topological polar surface area (TPSA) is 67.2 Å². The van der Waals surface area contributed by atoms with Gasteiger partial charge in [0.05, 0.1) is 11.3 Å². The van der Waals surface area contributed by atoms with E-state index in [0.29, 0.717) is 38.0 Å². The van der Waals surface area contributed by atoms with E-state index in [0.717, 1.165) is 28.2 Å². The van der Waals surface area contributed by atoms with Crippen LogP contribution in [0.4, 0.5) is 0 Å². The average molecular weight is 431 g/mol. The van der Waals surface area contributed by atoms with E-state index < -0.39 is 0 Å². The summed E-state index contributed by atoms with van der Waals surface area (Å²) in [7, 11) is 0. The van der Waals surface area contributed by atoms with Crippen molar-refractivity contribution in [1.82, 2.24) is 19.8 Å². The van der Waals surface area contributed by atoms with Crippen molar-refractivity contribution >= 4 is 11.8 Å². The fourth-order valence-corrected chi connectivity index (χ4v) is 4.42. The number of nitrogens with zero attached hydrogens (tertiary/aromatic N) is 3. The van der Waals surface area contributed by atoms with Gasteiger partial charge in [0, 0.05) is 49.3 Å². The lowest BCUT2D eigenvalue weighted by Crippen LogP contribution is -2.43. The van der Waals surface area contributed by atoms with Gasteiger partial charge in [0.25, 0.3) is 5.91 Å². The van der Waals surface area contributed by atoms with Gasteiger partial charge in [-0.2, -0.15) is 0 Å². The summed E-state index contributed by atoms with van der Waals surface area (Å²) in [5, 5.41) is 3.01. The fraction of sp³-hybridized carbons (Fsp3) is 0.346. The van der Waals surface area contributed by atoms with Crippen LogP contribution in [0, 0.1) is 26.7 Å². The van der Waals surface area contributed by atoms with E-state index in [1.165, 1.54) is 0 Å².